The van der Waals surface area contributed by atoms with E-state index < -0.39 is 5.82 Å². The Bertz CT molecular complexity index is 435. The van der Waals surface area contributed by atoms with E-state index in [1.165, 1.54) is 25.0 Å². The molecule has 1 heterocycles. The molecule has 1 N–H and O–H groups in total. The van der Waals surface area contributed by atoms with E-state index in [1.54, 1.807) is 6.07 Å². The Morgan fingerprint density at radius 1 is 1.22 bits per heavy atom. The van der Waals surface area contributed by atoms with E-state index in [0.29, 0.717) is 17.8 Å². The molecule has 2 unspecified atom stereocenters. The SMILES string of the molecule is Oc1ccc(O[C@H]2CCC3CCCC3O2)cc1F. The minimum atomic E-state index is -0.665. The molecule has 0 spiro atoms. The van der Waals surface area contributed by atoms with Crippen LogP contribution in [0.4, 0.5) is 4.39 Å². The fraction of sp³-hybridized carbons (Fsp3) is 0.571. The van der Waals surface area contributed by atoms with Gasteiger partial charge in [-0.3, -0.25) is 0 Å². The van der Waals surface area contributed by atoms with Gasteiger partial charge in [-0.15, -0.1) is 0 Å². The van der Waals surface area contributed by atoms with E-state index >= 15 is 0 Å². The molecule has 3 rings (SSSR count). The maximum atomic E-state index is 13.2. The van der Waals surface area contributed by atoms with Crippen molar-refractivity contribution in [3.8, 4) is 11.5 Å². The fourth-order valence-electron chi connectivity index (χ4n) is 2.92. The second-order valence-corrected chi connectivity index (χ2v) is 5.10. The molecular weight excluding hydrogens is 235 g/mol. The van der Waals surface area contributed by atoms with E-state index in [0.717, 1.165) is 19.3 Å². The normalized spacial score (nSPS) is 31.1. The van der Waals surface area contributed by atoms with Crippen molar-refractivity contribution in [3.05, 3.63) is 24.0 Å². The molecule has 0 amide bonds. The minimum absolute atomic E-state index is 0.284. The van der Waals surface area contributed by atoms with Gasteiger partial charge < -0.3 is 14.6 Å². The van der Waals surface area contributed by atoms with Crippen LogP contribution in [0.5, 0.6) is 11.5 Å². The number of phenolic OH excluding ortho intramolecular Hbond substituents is 1. The molecule has 4 heteroatoms. The Kier molecular flexibility index (Phi) is 3.12. The van der Waals surface area contributed by atoms with Crippen LogP contribution in [-0.4, -0.2) is 17.5 Å². The summed E-state index contributed by atoms with van der Waals surface area (Å²) in [5.41, 5.74) is 0. The molecule has 1 aromatic rings. The van der Waals surface area contributed by atoms with Gasteiger partial charge >= 0.3 is 0 Å². The molecule has 1 aromatic carbocycles. The molecule has 3 nitrogen and oxygen atoms in total. The number of hydrogen-bond acceptors (Lipinski definition) is 3. The first-order valence-electron chi connectivity index (χ1n) is 6.53. The number of hydrogen-bond donors (Lipinski definition) is 1. The predicted molar refractivity (Wildman–Crippen MR) is 63.9 cm³/mol. The zero-order valence-electron chi connectivity index (χ0n) is 10.1. The third kappa shape index (κ3) is 2.29. The maximum absolute atomic E-state index is 13.2. The lowest BCUT2D eigenvalue weighted by Gasteiger charge is -2.32. The molecule has 2 aliphatic rings. The summed E-state index contributed by atoms with van der Waals surface area (Å²) in [6.07, 6.45) is 5.59. The van der Waals surface area contributed by atoms with Gasteiger partial charge in [0.2, 0.25) is 0 Å². The molecule has 98 valence electrons. The number of phenols is 1. The van der Waals surface area contributed by atoms with Crippen LogP contribution in [0.15, 0.2) is 18.2 Å². The van der Waals surface area contributed by atoms with Gasteiger partial charge in [-0.05, 0) is 37.3 Å². The van der Waals surface area contributed by atoms with E-state index in [9.17, 15) is 4.39 Å². The number of fused-ring (bicyclic) bond motifs is 1. The number of benzene rings is 1. The largest absolute Gasteiger partial charge is 0.505 e. The Labute approximate surface area is 106 Å². The molecule has 2 fully saturated rings. The quantitative estimate of drug-likeness (QED) is 0.878. The lowest BCUT2D eigenvalue weighted by Crippen LogP contribution is -2.35. The molecule has 0 aromatic heterocycles. The van der Waals surface area contributed by atoms with Crippen LogP contribution in [0.25, 0.3) is 0 Å². The molecule has 1 aliphatic heterocycles. The molecule has 1 aliphatic carbocycles. The molecular formula is C14H17FO3. The van der Waals surface area contributed by atoms with Gasteiger partial charge in [0.25, 0.3) is 0 Å². The highest BCUT2D eigenvalue weighted by Crippen LogP contribution is 2.37. The molecule has 1 saturated carbocycles. The highest BCUT2D eigenvalue weighted by Gasteiger charge is 2.35. The van der Waals surface area contributed by atoms with Crippen molar-refractivity contribution in [2.45, 2.75) is 44.5 Å². The van der Waals surface area contributed by atoms with Crippen molar-refractivity contribution < 1.29 is 19.0 Å². The van der Waals surface area contributed by atoms with E-state index in [2.05, 4.69) is 0 Å². The average molecular weight is 252 g/mol. The molecule has 0 bridgehead atoms. The minimum Gasteiger partial charge on any atom is -0.505 e. The van der Waals surface area contributed by atoms with Gasteiger partial charge in [-0.25, -0.2) is 4.39 Å². The van der Waals surface area contributed by atoms with Gasteiger partial charge in [-0.1, -0.05) is 6.42 Å². The summed E-state index contributed by atoms with van der Waals surface area (Å²) in [5.74, 6) is 0.0676. The predicted octanol–water partition coefficient (Wildman–Crippen LogP) is 3.22. The third-order valence-corrected chi connectivity index (χ3v) is 3.88. The lowest BCUT2D eigenvalue weighted by molar-refractivity contribution is -0.160. The van der Waals surface area contributed by atoms with Crippen LogP contribution in [-0.2, 0) is 4.74 Å². The van der Waals surface area contributed by atoms with Gasteiger partial charge in [0.05, 0.1) is 6.10 Å². The summed E-state index contributed by atoms with van der Waals surface area (Å²) in [7, 11) is 0. The van der Waals surface area contributed by atoms with Gasteiger partial charge in [0.15, 0.2) is 17.9 Å². The van der Waals surface area contributed by atoms with Crippen LogP contribution in [0.1, 0.15) is 32.1 Å². The Balaban J connectivity index is 1.64. The third-order valence-electron chi connectivity index (χ3n) is 3.88. The van der Waals surface area contributed by atoms with E-state index in [1.807, 2.05) is 0 Å². The number of aromatic hydroxyl groups is 1. The second-order valence-electron chi connectivity index (χ2n) is 5.10. The van der Waals surface area contributed by atoms with Crippen LogP contribution >= 0.6 is 0 Å². The van der Waals surface area contributed by atoms with Crippen LogP contribution in [0.2, 0.25) is 0 Å². The van der Waals surface area contributed by atoms with Crippen molar-refractivity contribution in [2.75, 3.05) is 0 Å². The van der Waals surface area contributed by atoms with Crippen LogP contribution < -0.4 is 4.74 Å². The van der Waals surface area contributed by atoms with Gasteiger partial charge in [0.1, 0.15) is 5.75 Å². The summed E-state index contributed by atoms with van der Waals surface area (Å²) in [4.78, 5) is 0. The molecule has 18 heavy (non-hydrogen) atoms. The highest BCUT2D eigenvalue weighted by atomic mass is 19.1. The zero-order chi connectivity index (χ0) is 12.5. The van der Waals surface area contributed by atoms with Crippen molar-refractivity contribution >= 4 is 0 Å². The van der Waals surface area contributed by atoms with Crippen LogP contribution in [0.3, 0.4) is 0 Å². The zero-order valence-corrected chi connectivity index (χ0v) is 10.1. The smallest absolute Gasteiger partial charge is 0.200 e. The lowest BCUT2D eigenvalue weighted by atomic mass is 9.97. The first kappa shape index (κ1) is 11.8. The van der Waals surface area contributed by atoms with Crippen molar-refractivity contribution in [2.24, 2.45) is 5.92 Å². The van der Waals surface area contributed by atoms with Gasteiger partial charge in [0, 0.05) is 12.5 Å². The topological polar surface area (TPSA) is 38.7 Å². The standard InChI is InChI=1S/C14H17FO3/c15-11-8-10(5-6-12(11)16)17-14-7-4-9-2-1-3-13(9)18-14/h5-6,8-9,13-14,16H,1-4,7H2/t9?,13?,14-/m1/s1. The Morgan fingerprint density at radius 3 is 2.94 bits per heavy atom. The van der Waals surface area contributed by atoms with Gasteiger partial charge in [-0.2, -0.15) is 0 Å². The Hall–Kier alpha value is -1.29. The molecule has 0 radical (unpaired) electrons. The maximum Gasteiger partial charge on any atom is 0.200 e. The number of halogens is 1. The van der Waals surface area contributed by atoms with E-state index in [-0.39, 0.29) is 12.0 Å². The van der Waals surface area contributed by atoms with Crippen molar-refractivity contribution in [1.29, 1.82) is 0 Å². The number of ether oxygens (including phenoxy) is 2. The summed E-state index contributed by atoms with van der Waals surface area (Å²) in [5, 5.41) is 9.11. The summed E-state index contributed by atoms with van der Waals surface area (Å²) >= 11 is 0. The summed E-state index contributed by atoms with van der Waals surface area (Å²) < 4.78 is 24.7. The van der Waals surface area contributed by atoms with Crippen LogP contribution in [0, 0.1) is 11.7 Å². The summed E-state index contributed by atoms with van der Waals surface area (Å²) in [6.45, 7) is 0. The van der Waals surface area contributed by atoms with E-state index in [4.69, 9.17) is 14.6 Å². The fourth-order valence-corrected chi connectivity index (χ4v) is 2.92. The Morgan fingerprint density at radius 2 is 2.11 bits per heavy atom. The van der Waals surface area contributed by atoms with Crippen molar-refractivity contribution in [3.63, 3.8) is 0 Å². The summed E-state index contributed by atoms with van der Waals surface area (Å²) in [6, 6.07) is 4.05. The average Bonchev–Trinajstić information content (AvgIpc) is 2.81. The first-order chi connectivity index (χ1) is 8.72. The first-order valence-corrected chi connectivity index (χ1v) is 6.53. The number of rotatable bonds is 2. The highest BCUT2D eigenvalue weighted by molar-refractivity contribution is 5.32. The second kappa shape index (κ2) is 4.76. The molecule has 3 atom stereocenters. The molecule has 1 saturated heterocycles. The van der Waals surface area contributed by atoms with Crippen molar-refractivity contribution in [1.82, 2.24) is 0 Å². The monoisotopic (exact) mass is 252 g/mol.